The highest BCUT2D eigenvalue weighted by molar-refractivity contribution is 5.67. The number of β-amino-alcohol motifs (C(OH)–C–C–N with tert-alkyl or cyclic N) is 1. The Kier molecular flexibility index (Phi) is 6.15. The molecule has 4 rings (SSSR count). The van der Waals surface area contributed by atoms with E-state index >= 15 is 0 Å². The first-order chi connectivity index (χ1) is 14.6. The quantitative estimate of drug-likeness (QED) is 0.649. The van der Waals surface area contributed by atoms with Gasteiger partial charge in [0.25, 0.3) is 0 Å². The van der Waals surface area contributed by atoms with Crippen molar-refractivity contribution >= 4 is 17.6 Å². The van der Waals surface area contributed by atoms with Crippen LogP contribution in [0.15, 0.2) is 48.5 Å². The van der Waals surface area contributed by atoms with Crippen LogP contribution in [-0.4, -0.2) is 64.3 Å². The van der Waals surface area contributed by atoms with Gasteiger partial charge in [-0.15, -0.1) is 0 Å². The molecular weight excluding hydrogens is 383 g/mol. The molecule has 1 aromatic heterocycles. The fourth-order valence-electron chi connectivity index (χ4n) is 3.50. The number of nitrogens with zero attached hydrogens (tertiary/aromatic N) is 5. The topological polar surface area (TPSA) is 77.4 Å². The number of nitrogens with one attached hydrogen (secondary N) is 1. The van der Waals surface area contributed by atoms with E-state index in [4.69, 9.17) is 5.11 Å². The van der Waals surface area contributed by atoms with Gasteiger partial charge in [-0.1, -0.05) is 24.3 Å². The number of benzene rings is 2. The molecule has 2 N–H and O–H groups in total. The van der Waals surface area contributed by atoms with Crippen LogP contribution in [0, 0.1) is 12.7 Å². The Morgan fingerprint density at radius 1 is 0.900 bits per heavy atom. The minimum absolute atomic E-state index is 0.179. The SMILES string of the molecule is Cc1nc(Nc2ccc(-c3ccc(F)cc3)cc2)nc(N2CCN(CCO)CC2)n1. The Balaban J connectivity index is 1.45. The molecule has 2 aromatic carbocycles. The lowest BCUT2D eigenvalue weighted by atomic mass is 10.1. The molecule has 1 aliphatic rings. The third-order valence-corrected chi connectivity index (χ3v) is 5.13. The predicted molar refractivity (Wildman–Crippen MR) is 115 cm³/mol. The molecule has 1 aliphatic heterocycles. The Morgan fingerprint density at radius 3 is 2.17 bits per heavy atom. The summed E-state index contributed by atoms with van der Waals surface area (Å²) in [5.74, 6) is 1.58. The van der Waals surface area contributed by atoms with Crippen molar-refractivity contribution in [2.45, 2.75) is 6.92 Å². The number of piperazine rings is 1. The summed E-state index contributed by atoms with van der Waals surface area (Å²) in [7, 11) is 0. The molecule has 3 aromatic rings. The van der Waals surface area contributed by atoms with E-state index in [2.05, 4.69) is 30.1 Å². The first-order valence-corrected chi connectivity index (χ1v) is 10.0. The molecule has 2 heterocycles. The summed E-state index contributed by atoms with van der Waals surface area (Å²) >= 11 is 0. The van der Waals surface area contributed by atoms with Crippen molar-refractivity contribution < 1.29 is 9.50 Å². The van der Waals surface area contributed by atoms with Gasteiger partial charge in [0.2, 0.25) is 11.9 Å². The molecule has 8 heteroatoms. The fraction of sp³-hybridized carbons (Fsp3) is 0.318. The lowest BCUT2D eigenvalue weighted by molar-refractivity contribution is 0.188. The van der Waals surface area contributed by atoms with Gasteiger partial charge in [-0.05, 0) is 42.3 Å². The van der Waals surface area contributed by atoms with Crippen LogP contribution in [0.25, 0.3) is 11.1 Å². The van der Waals surface area contributed by atoms with Crippen molar-refractivity contribution in [2.75, 3.05) is 49.5 Å². The van der Waals surface area contributed by atoms with Crippen molar-refractivity contribution in [3.63, 3.8) is 0 Å². The molecule has 0 bridgehead atoms. The molecule has 0 saturated carbocycles. The number of hydrogen-bond donors (Lipinski definition) is 2. The normalized spacial score (nSPS) is 14.7. The Bertz CT molecular complexity index is 972. The van der Waals surface area contributed by atoms with Crippen LogP contribution in [0.4, 0.5) is 22.0 Å². The molecule has 0 amide bonds. The molecule has 0 atom stereocenters. The monoisotopic (exact) mass is 408 g/mol. The molecule has 1 saturated heterocycles. The van der Waals surface area contributed by atoms with Gasteiger partial charge in [0, 0.05) is 38.4 Å². The number of aliphatic hydroxyl groups excluding tert-OH is 1. The molecule has 156 valence electrons. The van der Waals surface area contributed by atoms with Crippen molar-refractivity contribution in [3.8, 4) is 11.1 Å². The maximum atomic E-state index is 13.1. The molecule has 0 spiro atoms. The van der Waals surface area contributed by atoms with E-state index in [1.807, 2.05) is 31.2 Å². The summed E-state index contributed by atoms with van der Waals surface area (Å²) in [5.41, 5.74) is 2.83. The molecule has 1 fully saturated rings. The van der Waals surface area contributed by atoms with Crippen LogP contribution in [0.1, 0.15) is 5.82 Å². The van der Waals surface area contributed by atoms with E-state index in [0.717, 1.165) is 43.0 Å². The summed E-state index contributed by atoms with van der Waals surface area (Å²) < 4.78 is 13.1. The first kappa shape index (κ1) is 20.2. The van der Waals surface area contributed by atoms with Gasteiger partial charge >= 0.3 is 0 Å². The maximum absolute atomic E-state index is 13.1. The zero-order chi connectivity index (χ0) is 20.9. The standard InChI is InChI=1S/C22H25FN6O/c1-16-24-21(27-22(25-16)29-12-10-28(11-13-29)14-15-30)26-20-8-4-18(5-9-20)17-2-6-19(23)7-3-17/h2-9,30H,10-15H2,1H3,(H,24,25,26,27). The van der Waals surface area contributed by atoms with Gasteiger partial charge in [-0.2, -0.15) is 15.0 Å². The smallest absolute Gasteiger partial charge is 0.232 e. The second kappa shape index (κ2) is 9.15. The van der Waals surface area contributed by atoms with Crippen LogP contribution in [0.3, 0.4) is 0 Å². The van der Waals surface area contributed by atoms with Gasteiger partial charge in [-0.25, -0.2) is 4.39 Å². The molecular formula is C22H25FN6O. The van der Waals surface area contributed by atoms with E-state index in [-0.39, 0.29) is 12.4 Å². The molecule has 0 radical (unpaired) electrons. The zero-order valence-electron chi connectivity index (χ0n) is 16.9. The van der Waals surface area contributed by atoms with E-state index in [0.29, 0.717) is 24.3 Å². The molecule has 0 unspecified atom stereocenters. The maximum Gasteiger partial charge on any atom is 0.232 e. The van der Waals surface area contributed by atoms with E-state index in [1.54, 1.807) is 12.1 Å². The minimum Gasteiger partial charge on any atom is -0.395 e. The van der Waals surface area contributed by atoms with Crippen molar-refractivity contribution in [1.29, 1.82) is 0 Å². The lowest BCUT2D eigenvalue weighted by Gasteiger charge is -2.34. The van der Waals surface area contributed by atoms with Crippen LogP contribution < -0.4 is 10.2 Å². The molecule has 30 heavy (non-hydrogen) atoms. The first-order valence-electron chi connectivity index (χ1n) is 10.0. The predicted octanol–water partition coefficient (Wildman–Crippen LogP) is 2.84. The minimum atomic E-state index is -0.243. The van der Waals surface area contributed by atoms with Gasteiger partial charge in [0.05, 0.1) is 6.61 Å². The summed E-state index contributed by atoms with van der Waals surface area (Å²) in [6.07, 6.45) is 0. The number of aryl methyl sites for hydroxylation is 1. The van der Waals surface area contributed by atoms with Crippen LogP contribution in [0.5, 0.6) is 0 Å². The highest BCUT2D eigenvalue weighted by atomic mass is 19.1. The van der Waals surface area contributed by atoms with Gasteiger partial charge in [0.15, 0.2) is 0 Å². The van der Waals surface area contributed by atoms with Gasteiger partial charge in [0.1, 0.15) is 11.6 Å². The van der Waals surface area contributed by atoms with Gasteiger partial charge < -0.3 is 15.3 Å². The Hall–Kier alpha value is -3.10. The van der Waals surface area contributed by atoms with E-state index in [9.17, 15) is 4.39 Å². The van der Waals surface area contributed by atoms with Crippen molar-refractivity contribution in [3.05, 3.63) is 60.2 Å². The van der Waals surface area contributed by atoms with Crippen LogP contribution >= 0.6 is 0 Å². The summed E-state index contributed by atoms with van der Waals surface area (Å²) in [4.78, 5) is 17.9. The number of aromatic nitrogens is 3. The van der Waals surface area contributed by atoms with Gasteiger partial charge in [-0.3, -0.25) is 4.90 Å². The number of hydrogen-bond acceptors (Lipinski definition) is 7. The highest BCUT2D eigenvalue weighted by Crippen LogP contribution is 2.23. The van der Waals surface area contributed by atoms with Crippen LogP contribution in [0.2, 0.25) is 0 Å². The van der Waals surface area contributed by atoms with Crippen molar-refractivity contribution in [2.24, 2.45) is 0 Å². The second-order valence-electron chi connectivity index (χ2n) is 7.27. The largest absolute Gasteiger partial charge is 0.395 e. The zero-order valence-corrected chi connectivity index (χ0v) is 16.9. The molecule has 7 nitrogen and oxygen atoms in total. The summed E-state index contributed by atoms with van der Waals surface area (Å²) in [6.45, 7) is 6.11. The average molecular weight is 408 g/mol. The second-order valence-corrected chi connectivity index (χ2v) is 7.27. The highest BCUT2D eigenvalue weighted by Gasteiger charge is 2.19. The third-order valence-electron chi connectivity index (χ3n) is 5.13. The number of anilines is 3. The van der Waals surface area contributed by atoms with Crippen LogP contribution in [-0.2, 0) is 0 Å². The third kappa shape index (κ3) is 4.90. The summed E-state index contributed by atoms with van der Waals surface area (Å²) in [5, 5.41) is 12.3. The lowest BCUT2D eigenvalue weighted by Crippen LogP contribution is -2.47. The fourth-order valence-corrected chi connectivity index (χ4v) is 3.50. The number of aliphatic hydroxyl groups is 1. The van der Waals surface area contributed by atoms with Crippen molar-refractivity contribution in [1.82, 2.24) is 19.9 Å². The Labute approximate surface area is 175 Å². The Morgan fingerprint density at radius 2 is 1.53 bits per heavy atom. The van der Waals surface area contributed by atoms with E-state index in [1.165, 1.54) is 12.1 Å². The average Bonchev–Trinajstić information content (AvgIpc) is 2.75. The van der Waals surface area contributed by atoms with E-state index < -0.39 is 0 Å². The summed E-state index contributed by atoms with van der Waals surface area (Å²) in [6, 6.07) is 14.3. The molecule has 0 aliphatic carbocycles. The number of halogens is 1. The number of rotatable bonds is 6.